The van der Waals surface area contributed by atoms with Crippen LogP contribution in [0.25, 0.3) is 0 Å². The van der Waals surface area contributed by atoms with Gasteiger partial charge in [-0.15, -0.1) is 0 Å². The number of halogens is 1. The van der Waals surface area contributed by atoms with Crippen molar-refractivity contribution < 1.29 is 18.8 Å². The second-order valence-electron chi connectivity index (χ2n) is 7.30. The van der Waals surface area contributed by atoms with Crippen LogP contribution in [-0.2, 0) is 16.1 Å². The van der Waals surface area contributed by atoms with Crippen LogP contribution in [0, 0.1) is 17.7 Å². The summed E-state index contributed by atoms with van der Waals surface area (Å²) in [6.07, 6.45) is 1.13. The van der Waals surface area contributed by atoms with Gasteiger partial charge in [0.2, 0.25) is 11.8 Å². The zero-order valence-corrected chi connectivity index (χ0v) is 16.2. The average Bonchev–Trinajstić information content (AvgIpc) is 3.43. The van der Waals surface area contributed by atoms with Crippen molar-refractivity contribution in [1.82, 2.24) is 10.6 Å². The number of benzene rings is 2. The molecular formula is C22H24FN3O3. The molecule has 2 unspecified atom stereocenters. The highest BCUT2D eigenvalue weighted by atomic mass is 19.1. The number of anilines is 1. The Kier molecular flexibility index (Phi) is 6.59. The summed E-state index contributed by atoms with van der Waals surface area (Å²) < 4.78 is 13.3. The van der Waals surface area contributed by atoms with Crippen LogP contribution in [0.4, 0.5) is 10.1 Å². The molecule has 152 valence electrons. The lowest BCUT2D eigenvalue weighted by atomic mass is 10.1. The van der Waals surface area contributed by atoms with E-state index in [0.717, 1.165) is 12.0 Å². The standard InChI is InChI=1S/C22H24FN3O3/c1-14-10-19(14)22(29)24-9-8-20(27)25-13-15-4-2-7-18(11-15)26-21(28)16-5-3-6-17(23)12-16/h2-7,11-12,14,19H,8-10,13H2,1H3,(H,24,29)(H,25,27)(H,26,28). The van der Waals surface area contributed by atoms with Gasteiger partial charge in [0.15, 0.2) is 0 Å². The first-order chi connectivity index (χ1) is 13.9. The van der Waals surface area contributed by atoms with E-state index >= 15 is 0 Å². The van der Waals surface area contributed by atoms with E-state index in [1.54, 1.807) is 18.2 Å². The lowest BCUT2D eigenvalue weighted by Gasteiger charge is -2.09. The zero-order valence-electron chi connectivity index (χ0n) is 16.2. The number of nitrogens with one attached hydrogen (secondary N) is 3. The van der Waals surface area contributed by atoms with Crippen molar-refractivity contribution in [2.45, 2.75) is 26.3 Å². The highest BCUT2D eigenvalue weighted by Gasteiger charge is 2.38. The fourth-order valence-electron chi connectivity index (χ4n) is 3.00. The first-order valence-corrected chi connectivity index (χ1v) is 9.62. The molecule has 0 spiro atoms. The SMILES string of the molecule is CC1CC1C(=O)NCCC(=O)NCc1cccc(NC(=O)c2cccc(F)c2)c1. The van der Waals surface area contributed by atoms with Crippen molar-refractivity contribution in [3.8, 4) is 0 Å². The van der Waals surface area contributed by atoms with E-state index in [0.29, 0.717) is 24.7 Å². The monoisotopic (exact) mass is 397 g/mol. The van der Waals surface area contributed by atoms with E-state index in [1.807, 2.05) is 13.0 Å². The van der Waals surface area contributed by atoms with E-state index < -0.39 is 11.7 Å². The van der Waals surface area contributed by atoms with Crippen LogP contribution in [0.15, 0.2) is 48.5 Å². The van der Waals surface area contributed by atoms with Crippen molar-refractivity contribution >= 4 is 23.4 Å². The van der Waals surface area contributed by atoms with Gasteiger partial charge < -0.3 is 16.0 Å². The third kappa shape index (κ3) is 6.14. The van der Waals surface area contributed by atoms with Crippen molar-refractivity contribution in [3.05, 3.63) is 65.5 Å². The molecule has 0 saturated heterocycles. The zero-order chi connectivity index (χ0) is 20.8. The normalized spacial score (nSPS) is 17.3. The van der Waals surface area contributed by atoms with Gasteiger partial charge in [0.1, 0.15) is 5.82 Å². The molecule has 2 atom stereocenters. The Bertz CT molecular complexity index is 916. The number of carbonyl (C=O) groups is 3. The van der Waals surface area contributed by atoms with Crippen LogP contribution in [0.2, 0.25) is 0 Å². The molecule has 2 aromatic rings. The fourth-order valence-corrected chi connectivity index (χ4v) is 3.00. The molecule has 0 bridgehead atoms. The van der Waals surface area contributed by atoms with Gasteiger partial charge in [0.25, 0.3) is 5.91 Å². The molecule has 3 rings (SSSR count). The molecule has 6 nitrogen and oxygen atoms in total. The van der Waals surface area contributed by atoms with Crippen LogP contribution < -0.4 is 16.0 Å². The Morgan fingerprint density at radius 3 is 2.55 bits per heavy atom. The molecule has 0 heterocycles. The van der Waals surface area contributed by atoms with Gasteiger partial charge in [-0.25, -0.2) is 4.39 Å². The van der Waals surface area contributed by atoms with Gasteiger partial charge in [0.05, 0.1) is 0 Å². The Hall–Kier alpha value is -3.22. The average molecular weight is 397 g/mol. The van der Waals surface area contributed by atoms with E-state index in [2.05, 4.69) is 16.0 Å². The summed E-state index contributed by atoms with van der Waals surface area (Å²) in [6, 6.07) is 12.5. The molecule has 0 aromatic heterocycles. The van der Waals surface area contributed by atoms with E-state index in [-0.39, 0.29) is 29.7 Å². The van der Waals surface area contributed by atoms with E-state index in [9.17, 15) is 18.8 Å². The van der Waals surface area contributed by atoms with Crippen LogP contribution >= 0.6 is 0 Å². The molecule has 7 heteroatoms. The summed E-state index contributed by atoms with van der Waals surface area (Å²) >= 11 is 0. The topological polar surface area (TPSA) is 87.3 Å². The third-order valence-corrected chi connectivity index (χ3v) is 4.86. The quantitative estimate of drug-likeness (QED) is 0.640. The van der Waals surface area contributed by atoms with Gasteiger partial charge >= 0.3 is 0 Å². The molecule has 3 N–H and O–H groups in total. The van der Waals surface area contributed by atoms with Gasteiger partial charge in [-0.05, 0) is 48.2 Å². The van der Waals surface area contributed by atoms with E-state index in [1.165, 1.54) is 24.3 Å². The summed E-state index contributed by atoms with van der Waals surface area (Å²) in [5, 5.41) is 8.29. The Morgan fingerprint density at radius 1 is 1.07 bits per heavy atom. The maximum atomic E-state index is 13.3. The van der Waals surface area contributed by atoms with Crippen LogP contribution in [0.5, 0.6) is 0 Å². The minimum absolute atomic E-state index is 0.0204. The van der Waals surface area contributed by atoms with Crippen molar-refractivity contribution in [2.24, 2.45) is 11.8 Å². The largest absolute Gasteiger partial charge is 0.355 e. The minimum Gasteiger partial charge on any atom is -0.355 e. The first kappa shape index (κ1) is 20.5. The molecule has 1 fully saturated rings. The lowest BCUT2D eigenvalue weighted by molar-refractivity contribution is -0.123. The number of amides is 3. The number of rotatable bonds is 8. The van der Waals surface area contributed by atoms with Gasteiger partial charge in [-0.1, -0.05) is 25.1 Å². The van der Waals surface area contributed by atoms with Crippen LogP contribution in [0.3, 0.4) is 0 Å². The minimum atomic E-state index is -0.475. The van der Waals surface area contributed by atoms with Crippen molar-refractivity contribution in [1.29, 1.82) is 0 Å². The molecule has 2 aromatic carbocycles. The van der Waals surface area contributed by atoms with Crippen molar-refractivity contribution in [2.75, 3.05) is 11.9 Å². The molecule has 1 aliphatic carbocycles. The van der Waals surface area contributed by atoms with Gasteiger partial charge in [-0.2, -0.15) is 0 Å². The molecule has 1 saturated carbocycles. The molecule has 3 amide bonds. The smallest absolute Gasteiger partial charge is 0.255 e. The summed E-state index contributed by atoms with van der Waals surface area (Å²) in [5.41, 5.74) is 1.59. The second kappa shape index (κ2) is 9.32. The highest BCUT2D eigenvalue weighted by Crippen LogP contribution is 2.37. The Balaban J connectivity index is 1.43. The highest BCUT2D eigenvalue weighted by molar-refractivity contribution is 6.04. The van der Waals surface area contributed by atoms with Crippen molar-refractivity contribution in [3.63, 3.8) is 0 Å². The molecule has 0 radical (unpaired) electrons. The lowest BCUT2D eigenvalue weighted by Crippen LogP contribution is -2.31. The summed E-state index contributed by atoms with van der Waals surface area (Å²) in [7, 11) is 0. The number of carbonyl (C=O) groups excluding carboxylic acids is 3. The van der Waals surface area contributed by atoms with Gasteiger partial charge in [-0.3, -0.25) is 14.4 Å². The Morgan fingerprint density at radius 2 is 1.83 bits per heavy atom. The third-order valence-electron chi connectivity index (χ3n) is 4.86. The summed E-state index contributed by atoms with van der Waals surface area (Å²) in [6.45, 7) is 2.65. The number of hydrogen-bond acceptors (Lipinski definition) is 3. The van der Waals surface area contributed by atoms with Crippen LogP contribution in [0.1, 0.15) is 35.7 Å². The molecule has 0 aliphatic heterocycles. The first-order valence-electron chi connectivity index (χ1n) is 9.62. The second-order valence-corrected chi connectivity index (χ2v) is 7.30. The molecule has 1 aliphatic rings. The fraction of sp³-hybridized carbons (Fsp3) is 0.318. The van der Waals surface area contributed by atoms with Crippen LogP contribution in [-0.4, -0.2) is 24.3 Å². The summed E-state index contributed by atoms with van der Waals surface area (Å²) in [5.74, 6) is -0.486. The maximum absolute atomic E-state index is 13.3. The number of hydrogen-bond donors (Lipinski definition) is 3. The predicted octanol–water partition coefficient (Wildman–Crippen LogP) is 2.86. The maximum Gasteiger partial charge on any atom is 0.255 e. The molecule has 29 heavy (non-hydrogen) atoms. The summed E-state index contributed by atoms with van der Waals surface area (Å²) in [4.78, 5) is 35.9. The predicted molar refractivity (Wildman–Crippen MR) is 108 cm³/mol. The van der Waals surface area contributed by atoms with E-state index in [4.69, 9.17) is 0 Å². The van der Waals surface area contributed by atoms with Gasteiger partial charge in [0, 0.05) is 36.7 Å². The Labute approximate surface area is 168 Å². The molecular weight excluding hydrogens is 373 g/mol.